The van der Waals surface area contributed by atoms with Crippen molar-refractivity contribution in [2.75, 3.05) is 27.6 Å². The SMILES string of the molecule is COc1ccc(CCNC(=O)CC(c2ccc3c(c2)OCO3)c2cnc3ccc(Cl)cn23)cc1OC. The molecule has 0 radical (unpaired) electrons. The van der Waals surface area contributed by atoms with Crippen molar-refractivity contribution < 1.29 is 23.7 Å². The zero-order chi connectivity index (χ0) is 25.1. The first-order chi connectivity index (χ1) is 17.6. The number of fused-ring (bicyclic) bond motifs is 2. The van der Waals surface area contributed by atoms with Crippen molar-refractivity contribution in [3.63, 3.8) is 0 Å². The van der Waals surface area contributed by atoms with E-state index in [2.05, 4.69) is 10.3 Å². The molecule has 0 fully saturated rings. The van der Waals surface area contributed by atoms with Gasteiger partial charge in [-0.15, -0.1) is 0 Å². The average Bonchev–Trinajstić information content (AvgIpc) is 3.53. The van der Waals surface area contributed by atoms with Gasteiger partial charge in [-0.3, -0.25) is 4.79 Å². The van der Waals surface area contributed by atoms with Gasteiger partial charge in [0.05, 0.1) is 24.9 Å². The van der Waals surface area contributed by atoms with Crippen LogP contribution in [0.3, 0.4) is 0 Å². The molecule has 0 bridgehead atoms. The lowest BCUT2D eigenvalue weighted by Gasteiger charge is -2.18. The zero-order valence-electron chi connectivity index (χ0n) is 20.0. The molecule has 1 unspecified atom stereocenters. The van der Waals surface area contributed by atoms with Gasteiger partial charge in [-0.2, -0.15) is 0 Å². The number of imidazole rings is 1. The van der Waals surface area contributed by atoms with Crippen molar-refractivity contribution in [2.24, 2.45) is 0 Å². The fraction of sp³-hybridized carbons (Fsp3) is 0.259. The Morgan fingerprint density at radius 3 is 2.75 bits per heavy atom. The minimum atomic E-state index is -0.269. The number of carbonyl (C=O) groups excluding carboxylic acids is 1. The van der Waals surface area contributed by atoms with E-state index in [1.165, 1.54) is 0 Å². The van der Waals surface area contributed by atoms with Crippen LogP contribution >= 0.6 is 11.6 Å². The molecule has 1 aliphatic rings. The maximum Gasteiger partial charge on any atom is 0.231 e. The van der Waals surface area contributed by atoms with Gasteiger partial charge in [0.1, 0.15) is 5.65 Å². The molecule has 9 heteroatoms. The van der Waals surface area contributed by atoms with Crippen molar-refractivity contribution in [3.8, 4) is 23.0 Å². The van der Waals surface area contributed by atoms with Crippen LogP contribution in [0.1, 0.15) is 29.2 Å². The number of nitrogens with zero attached hydrogens (tertiary/aromatic N) is 2. The van der Waals surface area contributed by atoms with Gasteiger partial charge in [-0.1, -0.05) is 23.7 Å². The first-order valence-corrected chi connectivity index (χ1v) is 11.9. The van der Waals surface area contributed by atoms with Crippen molar-refractivity contribution in [1.29, 1.82) is 0 Å². The van der Waals surface area contributed by atoms with E-state index in [0.717, 1.165) is 22.5 Å². The topological polar surface area (TPSA) is 83.3 Å². The van der Waals surface area contributed by atoms with Gasteiger partial charge >= 0.3 is 0 Å². The van der Waals surface area contributed by atoms with Crippen LogP contribution in [-0.2, 0) is 11.2 Å². The largest absolute Gasteiger partial charge is 0.493 e. The highest BCUT2D eigenvalue weighted by atomic mass is 35.5. The number of pyridine rings is 1. The number of hydrogen-bond donors (Lipinski definition) is 1. The Morgan fingerprint density at radius 1 is 1.08 bits per heavy atom. The monoisotopic (exact) mass is 507 g/mol. The molecule has 3 heterocycles. The standard InChI is InChI=1S/C27H26ClN3O5/c1-33-22-6-3-17(11-24(22)34-2)9-10-29-27(32)13-20(18-4-7-23-25(12-18)36-16-35-23)21-14-30-26-8-5-19(28)15-31(21)26/h3-8,11-12,14-15,20H,9-10,13,16H2,1-2H3,(H,29,32). The summed E-state index contributed by atoms with van der Waals surface area (Å²) in [6.07, 6.45) is 4.49. The van der Waals surface area contributed by atoms with Crippen molar-refractivity contribution >= 4 is 23.2 Å². The number of carbonyl (C=O) groups is 1. The Hall–Kier alpha value is -3.91. The van der Waals surface area contributed by atoms with Crippen LogP contribution in [0.25, 0.3) is 5.65 Å². The van der Waals surface area contributed by atoms with E-state index >= 15 is 0 Å². The van der Waals surface area contributed by atoms with Crippen LogP contribution in [0.5, 0.6) is 23.0 Å². The quantitative estimate of drug-likeness (QED) is 0.356. The lowest BCUT2D eigenvalue weighted by atomic mass is 9.92. The van der Waals surface area contributed by atoms with Crippen molar-refractivity contribution in [3.05, 3.63) is 82.8 Å². The number of amides is 1. The van der Waals surface area contributed by atoms with E-state index < -0.39 is 0 Å². The van der Waals surface area contributed by atoms with Gasteiger partial charge in [0.25, 0.3) is 0 Å². The van der Waals surface area contributed by atoms with Gasteiger partial charge in [-0.05, 0) is 53.9 Å². The molecule has 186 valence electrons. The molecule has 2 aromatic carbocycles. The Balaban J connectivity index is 1.35. The molecule has 36 heavy (non-hydrogen) atoms. The molecule has 5 rings (SSSR count). The summed E-state index contributed by atoms with van der Waals surface area (Å²) in [4.78, 5) is 17.6. The van der Waals surface area contributed by atoms with Gasteiger partial charge in [-0.25, -0.2) is 4.98 Å². The molecule has 8 nitrogen and oxygen atoms in total. The molecule has 0 spiro atoms. The third kappa shape index (κ3) is 4.90. The van der Waals surface area contributed by atoms with Crippen LogP contribution in [-0.4, -0.2) is 42.8 Å². The summed E-state index contributed by atoms with van der Waals surface area (Å²) in [5.41, 5.74) is 3.59. The number of aromatic nitrogens is 2. The van der Waals surface area contributed by atoms with Crippen LogP contribution in [0.2, 0.25) is 5.02 Å². The summed E-state index contributed by atoms with van der Waals surface area (Å²) < 4.78 is 23.6. The minimum absolute atomic E-state index is 0.0740. The molecule has 0 saturated carbocycles. The van der Waals surface area contributed by atoms with Crippen LogP contribution in [0.4, 0.5) is 0 Å². The molecule has 1 amide bonds. The predicted molar refractivity (Wildman–Crippen MR) is 135 cm³/mol. The number of rotatable bonds is 9. The normalized spacial score (nSPS) is 13.0. The molecule has 0 saturated heterocycles. The maximum atomic E-state index is 13.1. The fourth-order valence-electron chi connectivity index (χ4n) is 4.39. The van der Waals surface area contributed by atoms with E-state index in [0.29, 0.717) is 41.0 Å². The summed E-state index contributed by atoms with van der Waals surface area (Å²) in [7, 11) is 3.21. The smallest absolute Gasteiger partial charge is 0.231 e. The maximum absolute atomic E-state index is 13.1. The number of benzene rings is 2. The van der Waals surface area contributed by atoms with Gasteiger partial charge in [0, 0.05) is 31.3 Å². The molecular formula is C27H26ClN3O5. The number of methoxy groups -OCH3 is 2. The van der Waals surface area contributed by atoms with Gasteiger partial charge in [0.2, 0.25) is 12.7 Å². The van der Waals surface area contributed by atoms with Gasteiger partial charge < -0.3 is 28.7 Å². The molecule has 1 N–H and O–H groups in total. The first kappa shape index (κ1) is 23.8. The number of ether oxygens (including phenoxy) is 4. The minimum Gasteiger partial charge on any atom is -0.493 e. The molecular weight excluding hydrogens is 482 g/mol. The molecule has 1 atom stereocenters. The van der Waals surface area contributed by atoms with Gasteiger partial charge in [0.15, 0.2) is 23.0 Å². The third-order valence-corrected chi connectivity index (χ3v) is 6.45. The van der Waals surface area contributed by atoms with E-state index in [1.54, 1.807) is 26.5 Å². The lowest BCUT2D eigenvalue weighted by molar-refractivity contribution is -0.121. The predicted octanol–water partition coefficient (Wildman–Crippen LogP) is 4.61. The van der Waals surface area contributed by atoms with E-state index in [9.17, 15) is 4.79 Å². The molecule has 2 aromatic heterocycles. The Labute approximate surface area is 213 Å². The van der Waals surface area contributed by atoms with Crippen molar-refractivity contribution in [1.82, 2.24) is 14.7 Å². The number of hydrogen-bond acceptors (Lipinski definition) is 6. The lowest BCUT2D eigenvalue weighted by Crippen LogP contribution is -2.27. The van der Waals surface area contributed by atoms with Crippen molar-refractivity contribution in [2.45, 2.75) is 18.8 Å². The second-order valence-electron chi connectivity index (χ2n) is 8.42. The molecule has 4 aromatic rings. The first-order valence-electron chi connectivity index (χ1n) is 11.6. The van der Waals surface area contributed by atoms with Crippen LogP contribution in [0, 0.1) is 0 Å². The van der Waals surface area contributed by atoms with E-state index in [-0.39, 0.29) is 25.0 Å². The van der Waals surface area contributed by atoms with Crippen LogP contribution < -0.4 is 24.3 Å². The summed E-state index contributed by atoms with van der Waals surface area (Å²) in [5.74, 6) is 2.35. The highest BCUT2D eigenvalue weighted by Gasteiger charge is 2.24. The molecule has 0 aliphatic carbocycles. The Morgan fingerprint density at radius 2 is 1.92 bits per heavy atom. The highest BCUT2D eigenvalue weighted by molar-refractivity contribution is 6.30. The summed E-state index contributed by atoms with van der Waals surface area (Å²) in [6.45, 7) is 0.673. The molecule has 1 aliphatic heterocycles. The Kier molecular flexibility index (Phi) is 6.86. The average molecular weight is 508 g/mol. The second kappa shape index (κ2) is 10.4. The summed E-state index contributed by atoms with van der Waals surface area (Å²) in [5, 5.41) is 3.64. The van der Waals surface area contributed by atoms with E-state index in [4.69, 9.17) is 30.5 Å². The van der Waals surface area contributed by atoms with Crippen LogP contribution in [0.15, 0.2) is 60.9 Å². The summed E-state index contributed by atoms with van der Waals surface area (Å²) in [6, 6.07) is 15.1. The van der Waals surface area contributed by atoms with E-state index in [1.807, 2.05) is 53.1 Å². The highest BCUT2D eigenvalue weighted by Crippen LogP contribution is 2.38. The summed E-state index contributed by atoms with van der Waals surface area (Å²) >= 11 is 6.27. The second-order valence-corrected chi connectivity index (χ2v) is 8.85. The number of nitrogens with one attached hydrogen (secondary N) is 1. The Bertz CT molecular complexity index is 1400. The number of halogens is 1. The third-order valence-electron chi connectivity index (χ3n) is 6.23. The zero-order valence-corrected chi connectivity index (χ0v) is 20.7. The fourth-order valence-corrected chi connectivity index (χ4v) is 4.55.